The summed E-state index contributed by atoms with van der Waals surface area (Å²) in [6, 6.07) is 0. The topological polar surface area (TPSA) is 50.2 Å². The van der Waals surface area contributed by atoms with E-state index in [1.165, 1.54) is 11.8 Å². The summed E-state index contributed by atoms with van der Waals surface area (Å²) in [6.45, 7) is 8.29. The van der Waals surface area contributed by atoms with Crippen LogP contribution in [0, 0.1) is 0 Å². The molecule has 1 atom stereocenters. The fraction of sp³-hybridized carbons (Fsp3) is 0.667. The van der Waals surface area contributed by atoms with Crippen LogP contribution < -0.4 is 0 Å². The first-order valence-corrected chi connectivity index (χ1v) is 7.56. The van der Waals surface area contributed by atoms with Crippen molar-refractivity contribution in [2.75, 3.05) is 0 Å². The molecule has 0 aliphatic carbocycles. The lowest BCUT2D eigenvalue weighted by Crippen LogP contribution is -2.15. The maximum Gasteiger partial charge on any atom is 0.316 e. The summed E-state index contributed by atoms with van der Waals surface area (Å²) in [5.74, 6) is -0.0453. The zero-order valence-corrected chi connectivity index (χ0v) is 12.3. The SMILES string of the molecule is CCC(SCc1nc(C(C)(C)C)cs1)C(=O)O. The van der Waals surface area contributed by atoms with Crippen molar-refractivity contribution in [3.05, 3.63) is 16.1 Å². The number of nitrogens with zero attached hydrogens (tertiary/aromatic N) is 1. The normalized spacial score (nSPS) is 13.6. The van der Waals surface area contributed by atoms with Gasteiger partial charge in [0.2, 0.25) is 0 Å². The Hall–Kier alpha value is -0.550. The van der Waals surface area contributed by atoms with Crippen LogP contribution in [0.2, 0.25) is 0 Å². The fourth-order valence-corrected chi connectivity index (χ4v) is 3.33. The van der Waals surface area contributed by atoms with E-state index in [0.29, 0.717) is 12.2 Å². The first-order chi connectivity index (χ1) is 7.84. The Labute approximate surface area is 111 Å². The van der Waals surface area contributed by atoms with Crippen LogP contribution in [0.4, 0.5) is 0 Å². The summed E-state index contributed by atoms with van der Waals surface area (Å²) < 4.78 is 0. The largest absolute Gasteiger partial charge is 0.480 e. The average molecular weight is 273 g/mol. The van der Waals surface area contributed by atoms with E-state index in [0.717, 1.165) is 10.7 Å². The molecule has 0 aromatic carbocycles. The van der Waals surface area contributed by atoms with Crippen molar-refractivity contribution in [1.29, 1.82) is 0 Å². The molecular formula is C12H19NO2S2. The van der Waals surface area contributed by atoms with Gasteiger partial charge < -0.3 is 5.11 Å². The minimum Gasteiger partial charge on any atom is -0.480 e. The van der Waals surface area contributed by atoms with E-state index in [1.54, 1.807) is 11.3 Å². The molecule has 0 amide bonds. The zero-order valence-electron chi connectivity index (χ0n) is 10.7. The van der Waals surface area contributed by atoms with E-state index in [2.05, 4.69) is 31.1 Å². The molecule has 5 heteroatoms. The fourth-order valence-electron chi connectivity index (χ4n) is 1.26. The van der Waals surface area contributed by atoms with Gasteiger partial charge in [0.1, 0.15) is 10.3 Å². The second-order valence-corrected chi connectivity index (χ2v) is 7.06. The van der Waals surface area contributed by atoms with Crippen LogP contribution >= 0.6 is 23.1 Å². The Morgan fingerprint density at radius 3 is 2.65 bits per heavy atom. The van der Waals surface area contributed by atoms with E-state index in [4.69, 9.17) is 5.11 Å². The molecule has 0 saturated heterocycles. The summed E-state index contributed by atoms with van der Waals surface area (Å²) in [5, 5.41) is 11.7. The molecule has 96 valence electrons. The van der Waals surface area contributed by atoms with Crippen molar-refractivity contribution >= 4 is 29.1 Å². The summed E-state index contributed by atoms with van der Waals surface area (Å²) in [6.07, 6.45) is 0.650. The first kappa shape index (κ1) is 14.5. The second-order valence-electron chi connectivity index (χ2n) is 4.92. The number of thioether (sulfide) groups is 1. The van der Waals surface area contributed by atoms with Crippen LogP contribution in [0.5, 0.6) is 0 Å². The van der Waals surface area contributed by atoms with Crippen LogP contribution in [0.3, 0.4) is 0 Å². The van der Waals surface area contributed by atoms with E-state index in [1.807, 2.05) is 6.92 Å². The Bertz CT molecular complexity index is 382. The van der Waals surface area contributed by atoms with Gasteiger partial charge in [0, 0.05) is 16.5 Å². The van der Waals surface area contributed by atoms with Crippen LogP contribution in [-0.2, 0) is 16.0 Å². The zero-order chi connectivity index (χ0) is 13.1. The van der Waals surface area contributed by atoms with Gasteiger partial charge in [-0.25, -0.2) is 4.98 Å². The quantitative estimate of drug-likeness (QED) is 0.891. The molecule has 1 aromatic rings. The number of aliphatic carboxylic acids is 1. The highest BCUT2D eigenvalue weighted by Gasteiger charge is 2.19. The standard InChI is InChI=1S/C12H19NO2S2/c1-5-8(11(14)15)16-7-10-13-9(6-17-10)12(2,3)4/h6,8H,5,7H2,1-4H3,(H,14,15). The number of hydrogen-bond acceptors (Lipinski definition) is 4. The Morgan fingerprint density at radius 2 is 2.24 bits per heavy atom. The molecule has 1 N–H and O–H groups in total. The Morgan fingerprint density at radius 1 is 1.59 bits per heavy atom. The second kappa shape index (κ2) is 5.87. The molecule has 0 fully saturated rings. The number of carbonyl (C=O) groups is 1. The molecule has 1 heterocycles. The molecule has 0 radical (unpaired) electrons. The lowest BCUT2D eigenvalue weighted by atomic mass is 9.93. The van der Waals surface area contributed by atoms with Gasteiger partial charge in [-0.2, -0.15) is 0 Å². The predicted molar refractivity (Wildman–Crippen MR) is 73.8 cm³/mol. The number of carboxylic acids is 1. The molecule has 3 nitrogen and oxygen atoms in total. The van der Waals surface area contributed by atoms with E-state index in [9.17, 15) is 4.79 Å². The van der Waals surface area contributed by atoms with Gasteiger partial charge in [-0.05, 0) is 6.42 Å². The van der Waals surface area contributed by atoms with Crippen molar-refractivity contribution in [3.63, 3.8) is 0 Å². The predicted octanol–water partition coefficient (Wildman–Crippen LogP) is 3.54. The lowest BCUT2D eigenvalue weighted by Gasteiger charge is -2.14. The smallest absolute Gasteiger partial charge is 0.316 e. The number of carboxylic acid groups (broad SMARTS) is 1. The highest BCUT2D eigenvalue weighted by atomic mass is 32.2. The van der Waals surface area contributed by atoms with Gasteiger partial charge in [0.05, 0.1) is 5.69 Å². The maximum atomic E-state index is 10.9. The number of thiazole rings is 1. The molecule has 0 saturated carbocycles. The summed E-state index contributed by atoms with van der Waals surface area (Å²) in [7, 11) is 0. The molecule has 0 bridgehead atoms. The summed E-state index contributed by atoms with van der Waals surface area (Å²) >= 11 is 3.07. The van der Waals surface area contributed by atoms with Gasteiger partial charge in [0.15, 0.2) is 0 Å². The van der Waals surface area contributed by atoms with Gasteiger partial charge in [-0.15, -0.1) is 23.1 Å². The maximum absolute atomic E-state index is 10.9. The Kier molecular flexibility index (Phi) is 5.01. The van der Waals surface area contributed by atoms with Crippen molar-refractivity contribution < 1.29 is 9.90 Å². The van der Waals surface area contributed by atoms with Gasteiger partial charge in [0.25, 0.3) is 0 Å². The third kappa shape index (κ3) is 4.32. The van der Waals surface area contributed by atoms with Crippen LogP contribution in [0.1, 0.15) is 44.8 Å². The highest BCUT2D eigenvalue weighted by molar-refractivity contribution is 7.99. The molecule has 17 heavy (non-hydrogen) atoms. The molecule has 1 rings (SSSR count). The molecule has 1 aromatic heterocycles. The summed E-state index contributed by atoms with van der Waals surface area (Å²) in [4.78, 5) is 15.4. The number of rotatable bonds is 5. The van der Waals surface area contributed by atoms with Crippen LogP contribution in [-0.4, -0.2) is 21.3 Å². The monoisotopic (exact) mass is 273 g/mol. The van der Waals surface area contributed by atoms with Gasteiger partial charge in [-0.3, -0.25) is 4.79 Å². The number of aromatic nitrogens is 1. The minimum atomic E-state index is -0.731. The molecule has 1 unspecified atom stereocenters. The number of hydrogen-bond donors (Lipinski definition) is 1. The van der Waals surface area contributed by atoms with Crippen molar-refractivity contribution in [2.45, 2.75) is 50.5 Å². The molecule has 0 spiro atoms. The first-order valence-electron chi connectivity index (χ1n) is 5.64. The molecule has 0 aliphatic rings. The van der Waals surface area contributed by atoms with Crippen molar-refractivity contribution in [1.82, 2.24) is 4.98 Å². The lowest BCUT2D eigenvalue weighted by molar-refractivity contribution is -0.136. The van der Waals surface area contributed by atoms with E-state index >= 15 is 0 Å². The minimum absolute atomic E-state index is 0.0658. The van der Waals surface area contributed by atoms with Gasteiger partial charge >= 0.3 is 5.97 Å². The third-order valence-electron chi connectivity index (χ3n) is 2.37. The Balaban J connectivity index is 2.58. The van der Waals surface area contributed by atoms with Crippen LogP contribution in [0.15, 0.2) is 5.38 Å². The van der Waals surface area contributed by atoms with E-state index in [-0.39, 0.29) is 10.7 Å². The van der Waals surface area contributed by atoms with Gasteiger partial charge in [-0.1, -0.05) is 27.7 Å². The third-order valence-corrected chi connectivity index (χ3v) is 4.78. The molecule has 0 aliphatic heterocycles. The summed E-state index contributed by atoms with van der Waals surface area (Å²) in [5.41, 5.74) is 1.15. The van der Waals surface area contributed by atoms with Crippen molar-refractivity contribution in [3.8, 4) is 0 Å². The average Bonchev–Trinajstić information content (AvgIpc) is 2.66. The van der Waals surface area contributed by atoms with Crippen LogP contribution in [0.25, 0.3) is 0 Å². The highest BCUT2D eigenvalue weighted by Crippen LogP contribution is 2.27. The molecular weight excluding hydrogens is 254 g/mol. The van der Waals surface area contributed by atoms with E-state index < -0.39 is 5.97 Å². The van der Waals surface area contributed by atoms with Crippen molar-refractivity contribution in [2.24, 2.45) is 0 Å².